The molecule has 0 bridgehead atoms. The Morgan fingerprint density at radius 2 is 1.83 bits per heavy atom. The Bertz CT molecular complexity index is 532. The molecular weight excluding hydrogens is 294 g/mol. The second-order valence-corrected chi connectivity index (χ2v) is 4.82. The molecule has 0 amide bonds. The van der Waals surface area contributed by atoms with Gasteiger partial charge in [-0.05, 0) is 37.1 Å². The molecule has 0 fully saturated rings. The van der Waals surface area contributed by atoms with Crippen LogP contribution in [0.25, 0.3) is 0 Å². The molecule has 1 heterocycles. The van der Waals surface area contributed by atoms with Crippen LogP contribution < -0.4 is 10.5 Å². The van der Waals surface area contributed by atoms with Crippen molar-refractivity contribution in [3.8, 4) is 11.6 Å². The maximum atomic E-state index is 5.66. The van der Waals surface area contributed by atoms with Crippen molar-refractivity contribution in [2.45, 2.75) is 20.4 Å². The van der Waals surface area contributed by atoms with E-state index in [4.69, 9.17) is 10.5 Å². The largest absolute Gasteiger partial charge is 0.437 e. The van der Waals surface area contributed by atoms with Gasteiger partial charge in [-0.2, -0.15) is 0 Å². The van der Waals surface area contributed by atoms with E-state index in [1.165, 1.54) is 0 Å². The first kappa shape index (κ1) is 13.0. The summed E-state index contributed by atoms with van der Waals surface area (Å²) in [6, 6.07) is 3.91. The third-order valence-electron chi connectivity index (χ3n) is 2.52. The first-order valence-electron chi connectivity index (χ1n) is 5.55. The minimum Gasteiger partial charge on any atom is -0.437 e. The topological polar surface area (TPSA) is 61.0 Å². The van der Waals surface area contributed by atoms with Crippen LogP contribution in [-0.4, -0.2) is 9.97 Å². The van der Waals surface area contributed by atoms with Crippen molar-refractivity contribution < 1.29 is 4.74 Å². The summed E-state index contributed by atoms with van der Waals surface area (Å²) in [5.74, 6) is 1.22. The van der Waals surface area contributed by atoms with Gasteiger partial charge in [-0.3, -0.25) is 4.98 Å². The zero-order valence-electron chi connectivity index (χ0n) is 10.3. The maximum absolute atomic E-state index is 5.66. The van der Waals surface area contributed by atoms with Gasteiger partial charge in [0.15, 0.2) is 0 Å². The van der Waals surface area contributed by atoms with Crippen LogP contribution in [0.5, 0.6) is 11.6 Å². The first-order valence-corrected chi connectivity index (χ1v) is 6.35. The van der Waals surface area contributed by atoms with Gasteiger partial charge in [0.05, 0.1) is 18.1 Å². The normalized spacial score (nSPS) is 10.4. The fourth-order valence-electron chi connectivity index (χ4n) is 1.59. The van der Waals surface area contributed by atoms with E-state index in [1.54, 1.807) is 12.4 Å². The number of hydrogen-bond acceptors (Lipinski definition) is 4. The van der Waals surface area contributed by atoms with Crippen LogP contribution in [0.3, 0.4) is 0 Å². The number of halogens is 1. The maximum Gasteiger partial charge on any atom is 0.237 e. The summed E-state index contributed by atoms with van der Waals surface area (Å²) in [6.07, 6.45) is 3.20. The summed E-state index contributed by atoms with van der Waals surface area (Å²) in [6.45, 7) is 4.42. The Hall–Kier alpha value is -1.46. The number of hydrogen-bond donors (Lipinski definition) is 1. The SMILES string of the molecule is Cc1cc(Oc2cnc(CN)cn2)cc(C)c1Br. The molecule has 1 aromatic carbocycles. The van der Waals surface area contributed by atoms with Gasteiger partial charge in [0, 0.05) is 11.0 Å². The van der Waals surface area contributed by atoms with Gasteiger partial charge in [-0.1, -0.05) is 15.9 Å². The van der Waals surface area contributed by atoms with Crippen molar-refractivity contribution in [3.63, 3.8) is 0 Å². The second-order valence-electron chi connectivity index (χ2n) is 4.02. The summed E-state index contributed by atoms with van der Waals surface area (Å²) >= 11 is 3.52. The average molecular weight is 308 g/mol. The van der Waals surface area contributed by atoms with E-state index in [1.807, 2.05) is 26.0 Å². The molecule has 0 aliphatic rings. The summed E-state index contributed by atoms with van der Waals surface area (Å²) in [5, 5.41) is 0. The number of aromatic nitrogens is 2. The molecule has 0 unspecified atom stereocenters. The summed E-state index contributed by atoms with van der Waals surface area (Å²) < 4.78 is 6.76. The van der Waals surface area contributed by atoms with Gasteiger partial charge in [0.2, 0.25) is 5.88 Å². The van der Waals surface area contributed by atoms with E-state index in [0.29, 0.717) is 12.4 Å². The molecule has 1 aromatic heterocycles. The number of ether oxygens (including phenoxy) is 1. The van der Waals surface area contributed by atoms with Crippen molar-refractivity contribution in [3.05, 3.63) is 45.8 Å². The molecule has 18 heavy (non-hydrogen) atoms. The number of nitrogens with two attached hydrogens (primary N) is 1. The molecule has 2 rings (SSSR count). The third kappa shape index (κ3) is 2.86. The van der Waals surface area contributed by atoms with Crippen molar-refractivity contribution >= 4 is 15.9 Å². The quantitative estimate of drug-likeness (QED) is 0.946. The molecule has 0 aliphatic heterocycles. The van der Waals surface area contributed by atoms with E-state index in [0.717, 1.165) is 27.0 Å². The van der Waals surface area contributed by atoms with Gasteiger partial charge >= 0.3 is 0 Å². The molecular formula is C13H14BrN3O. The minimum atomic E-state index is 0.379. The van der Waals surface area contributed by atoms with Crippen molar-refractivity contribution in [1.29, 1.82) is 0 Å². The summed E-state index contributed by atoms with van der Waals surface area (Å²) in [5.41, 5.74) is 8.45. The Kier molecular flexibility index (Phi) is 3.93. The van der Waals surface area contributed by atoms with Gasteiger partial charge in [-0.25, -0.2) is 4.98 Å². The van der Waals surface area contributed by atoms with Gasteiger partial charge in [0.1, 0.15) is 5.75 Å². The molecule has 5 heteroatoms. The number of nitrogens with zero attached hydrogens (tertiary/aromatic N) is 2. The molecule has 0 atom stereocenters. The molecule has 0 aliphatic carbocycles. The van der Waals surface area contributed by atoms with Gasteiger partial charge < -0.3 is 10.5 Å². The smallest absolute Gasteiger partial charge is 0.237 e. The van der Waals surface area contributed by atoms with Crippen molar-refractivity contribution in [2.75, 3.05) is 0 Å². The zero-order valence-corrected chi connectivity index (χ0v) is 11.9. The standard InChI is InChI=1S/C13H14BrN3O/c1-8-3-11(4-9(2)13(8)14)18-12-7-16-10(5-15)6-17-12/h3-4,6-7H,5,15H2,1-2H3. The fourth-order valence-corrected chi connectivity index (χ4v) is 1.82. The minimum absolute atomic E-state index is 0.379. The highest BCUT2D eigenvalue weighted by Gasteiger charge is 2.05. The predicted octanol–water partition coefficient (Wildman–Crippen LogP) is 3.11. The molecule has 2 N–H and O–H groups in total. The van der Waals surface area contributed by atoms with E-state index in [2.05, 4.69) is 25.9 Å². The lowest BCUT2D eigenvalue weighted by atomic mass is 10.1. The van der Waals surface area contributed by atoms with Gasteiger partial charge in [-0.15, -0.1) is 0 Å². The number of aryl methyl sites for hydroxylation is 2. The van der Waals surface area contributed by atoms with E-state index < -0.39 is 0 Å². The monoisotopic (exact) mass is 307 g/mol. The number of benzene rings is 1. The fraction of sp³-hybridized carbons (Fsp3) is 0.231. The zero-order chi connectivity index (χ0) is 13.1. The molecule has 0 saturated carbocycles. The first-order chi connectivity index (χ1) is 8.60. The van der Waals surface area contributed by atoms with E-state index >= 15 is 0 Å². The van der Waals surface area contributed by atoms with Crippen LogP contribution >= 0.6 is 15.9 Å². The van der Waals surface area contributed by atoms with Crippen LogP contribution in [0.1, 0.15) is 16.8 Å². The van der Waals surface area contributed by atoms with Crippen LogP contribution in [-0.2, 0) is 6.54 Å². The molecule has 0 spiro atoms. The highest BCUT2D eigenvalue weighted by atomic mass is 79.9. The highest BCUT2D eigenvalue weighted by Crippen LogP contribution is 2.28. The van der Waals surface area contributed by atoms with Crippen molar-refractivity contribution in [1.82, 2.24) is 9.97 Å². The summed E-state index contributed by atoms with van der Waals surface area (Å²) in [4.78, 5) is 8.28. The molecule has 0 saturated heterocycles. The Labute approximate surface area is 114 Å². The lowest BCUT2D eigenvalue weighted by Gasteiger charge is -2.09. The lowest BCUT2D eigenvalue weighted by molar-refractivity contribution is 0.458. The third-order valence-corrected chi connectivity index (χ3v) is 3.77. The van der Waals surface area contributed by atoms with Gasteiger partial charge in [0.25, 0.3) is 0 Å². The Morgan fingerprint density at radius 3 is 2.33 bits per heavy atom. The molecule has 4 nitrogen and oxygen atoms in total. The Balaban J connectivity index is 2.23. The van der Waals surface area contributed by atoms with E-state index in [9.17, 15) is 0 Å². The van der Waals surface area contributed by atoms with E-state index in [-0.39, 0.29) is 0 Å². The lowest BCUT2D eigenvalue weighted by Crippen LogP contribution is -2.00. The molecule has 0 radical (unpaired) electrons. The van der Waals surface area contributed by atoms with Crippen LogP contribution in [0, 0.1) is 13.8 Å². The number of rotatable bonds is 3. The molecule has 2 aromatic rings. The average Bonchev–Trinajstić information content (AvgIpc) is 2.37. The Morgan fingerprint density at radius 1 is 1.17 bits per heavy atom. The van der Waals surface area contributed by atoms with Crippen LogP contribution in [0.4, 0.5) is 0 Å². The molecule has 94 valence electrons. The van der Waals surface area contributed by atoms with Crippen molar-refractivity contribution in [2.24, 2.45) is 5.73 Å². The second kappa shape index (κ2) is 5.46. The predicted molar refractivity (Wildman–Crippen MR) is 73.6 cm³/mol. The van der Waals surface area contributed by atoms with Crippen LogP contribution in [0.15, 0.2) is 29.0 Å². The summed E-state index contributed by atoms with van der Waals surface area (Å²) in [7, 11) is 0. The van der Waals surface area contributed by atoms with Crippen LogP contribution in [0.2, 0.25) is 0 Å². The highest BCUT2D eigenvalue weighted by molar-refractivity contribution is 9.10.